The molecule has 0 radical (unpaired) electrons. The molecular weight excluding hydrogens is 426 g/mol. The van der Waals surface area contributed by atoms with E-state index >= 15 is 0 Å². The first kappa shape index (κ1) is 20.0. The number of aryl methyl sites for hydroxylation is 1. The number of carbonyl (C=O) groups is 1. The molecule has 7 nitrogen and oxygen atoms in total. The number of nitrogens with one attached hydrogen (secondary N) is 1. The first-order valence-corrected chi connectivity index (χ1v) is 9.57. The van der Waals surface area contributed by atoms with Crippen molar-refractivity contribution < 1.29 is 14.3 Å². The molecule has 0 spiro atoms. The summed E-state index contributed by atoms with van der Waals surface area (Å²) in [4.78, 5) is 24.8. The maximum atomic E-state index is 12.4. The quantitative estimate of drug-likeness (QED) is 0.603. The summed E-state index contributed by atoms with van der Waals surface area (Å²) in [5.74, 6) is 1.06. The van der Waals surface area contributed by atoms with E-state index in [1.807, 2.05) is 36.4 Å². The van der Waals surface area contributed by atoms with Gasteiger partial charge in [0.25, 0.3) is 0 Å². The number of fused-ring (bicyclic) bond motifs is 1. The Morgan fingerprint density at radius 1 is 1.11 bits per heavy atom. The number of para-hydroxylation sites is 2. The Labute approximate surface area is 171 Å². The van der Waals surface area contributed by atoms with Gasteiger partial charge < -0.3 is 14.8 Å². The molecule has 2 aromatic carbocycles. The Hall–Kier alpha value is -2.74. The van der Waals surface area contributed by atoms with Gasteiger partial charge in [0.15, 0.2) is 11.5 Å². The minimum Gasteiger partial charge on any atom is -0.493 e. The number of methoxy groups -OCH3 is 2. The summed E-state index contributed by atoms with van der Waals surface area (Å²) < 4.78 is 14.5. The van der Waals surface area contributed by atoms with E-state index in [9.17, 15) is 9.59 Å². The van der Waals surface area contributed by atoms with Crippen molar-refractivity contribution in [2.24, 2.45) is 7.05 Å². The zero-order chi connectivity index (χ0) is 20.3. The first-order chi connectivity index (χ1) is 13.5. The Morgan fingerprint density at radius 3 is 2.43 bits per heavy atom. The van der Waals surface area contributed by atoms with E-state index in [0.29, 0.717) is 24.5 Å². The van der Waals surface area contributed by atoms with Gasteiger partial charge in [-0.15, -0.1) is 0 Å². The number of ether oxygens (including phenoxy) is 2. The monoisotopic (exact) mass is 447 g/mol. The van der Waals surface area contributed by atoms with Crippen LogP contribution in [-0.4, -0.2) is 35.8 Å². The highest BCUT2D eigenvalue weighted by Gasteiger charge is 2.14. The lowest BCUT2D eigenvalue weighted by atomic mass is 10.1. The Morgan fingerprint density at radius 2 is 1.75 bits per heavy atom. The number of halogens is 1. The van der Waals surface area contributed by atoms with Crippen molar-refractivity contribution in [3.8, 4) is 11.5 Å². The zero-order valence-corrected chi connectivity index (χ0v) is 17.6. The smallest absolute Gasteiger partial charge is 0.329 e. The van der Waals surface area contributed by atoms with Crippen LogP contribution in [0.4, 0.5) is 0 Å². The number of imidazole rings is 1. The Balaban J connectivity index is 1.66. The molecule has 0 aliphatic heterocycles. The van der Waals surface area contributed by atoms with Crippen LogP contribution in [0.1, 0.15) is 5.56 Å². The van der Waals surface area contributed by atoms with Gasteiger partial charge >= 0.3 is 5.69 Å². The lowest BCUT2D eigenvalue weighted by Crippen LogP contribution is -2.33. The van der Waals surface area contributed by atoms with Crippen LogP contribution in [0.2, 0.25) is 0 Å². The van der Waals surface area contributed by atoms with Crippen LogP contribution in [0.25, 0.3) is 11.0 Å². The van der Waals surface area contributed by atoms with Crippen LogP contribution in [-0.2, 0) is 24.8 Å². The van der Waals surface area contributed by atoms with E-state index in [1.54, 1.807) is 25.8 Å². The molecule has 1 amide bonds. The molecule has 1 N–H and O–H groups in total. The average molecular weight is 448 g/mol. The molecule has 0 fully saturated rings. The van der Waals surface area contributed by atoms with Crippen molar-refractivity contribution in [2.45, 2.75) is 13.0 Å². The second-order valence-electron chi connectivity index (χ2n) is 6.32. The highest BCUT2D eigenvalue weighted by Crippen LogP contribution is 2.33. The van der Waals surface area contributed by atoms with Gasteiger partial charge in [-0.25, -0.2) is 4.79 Å². The van der Waals surface area contributed by atoms with Crippen molar-refractivity contribution in [1.82, 2.24) is 14.5 Å². The van der Waals surface area contributed by atoms with Gasteiger partial charge in [-0.2, -0.15) is 0 Å². The highest BCUT2D eigenvalue weighted by atomic mass is 79.9. The van der Waals surface area contributed by atoms with Crippen molar-refractivity contribution in [1.29, 1.82) is 0 Å². The molecule has 0 bridgehead atoms. The third-order valence-corrected chi connectivity index (χ3v) is 5.36. The fraction of sp³-hybridized carbons (Fsp3) is 0.300. The third kappa shape index (κ3) is 3.91. The molecule has 0 unspecified atom stereocenters. The molecule has 1 heterocycles. The van der Waals surface area contributed by atoms with Gasteiger partial charge in [0.05, 0.1) is 25.3 Å². The molecule has 3 rings (SSSR count). The summed E-state index contributed by atoms with van der Waals surface area (Å²) in [5, 5.41) is 2.87. The highest BCUT2D eigenvalue weighted by molar-refractivity contribution is 9.10. The van der Waals surface area contributed by atoms with Crippen LogP contribution < -0.4 is 20.5 Å². The normalized spacial score (nSPS) is 10.9. The van der Waals surface area contributed by atoms with E-state index in [4.69, 9.17) is 9.47 Å². The first-order valence-electron chi connectivity index (χ1n) is 8.77. The molecule has 0 aliphatic rings. The molecule has 3 aromatic rings. The number of hydrogen-bond acceptors (Lipinski definition) is 4. The maximum Gasteiger partial charge on any atom is 0.329 e. The SMILES string of the molecule is COc1cc(Br)c(CCNC(=O)Cn2c(=O)n(C)c3ccccc32)cc1OC. The summed E-state index contributed by atoms with van der Waals surface area (Å²) >= 11 is 3.52. The van der Waals surface area contributed by atoms with E-state index < -0.39 is 0 Å². The summed E-state index contributed by atoms with van der Waals surface area (Å²) in [6.07, 6.45) is 0.608. The summed E-state index contributed by atoms with van der Waals surface area (Å²) in [5.41, 5.74) is 2.32. The number of rotatable bonds is 7. The predicted molar refractivity (Wildman–Crippen MR) is 111 cm³/mol. The fourth-order valence-electron chi connectivity index (χ4n) is 3.14. The predicted octanol–water partition coefficient (Wildman–Crippen LogP) is 2.48. The molecule has 1 aromatic heterocycles. The van der Waals surface area contributed by atoms with Gasteiger partial charge in [0, 0.05) is 18.1 Å². The molecule has 0 saturated carbocycles. The summed E-state index contributed by atoms with van der Waals surface area (Å²) in [6, 6.07) is 11.1. The van der Waals surface area contributed by atoms with Crippen LogP contribution in [0.5, 0.6) is 11.5 Å². The van der Waals surface area contributed by atoms with Crippen molar-refractivity contribution in [3.63, 3.8) is 0 Å². The number of nitrogens with zero attached hydrogens (tertiary/aromatic N) is 2. The number of hydrogen-bond donors (Lipinski definition) is 1. The van der Waals surface area contributed by atoms with Gasteiger partial charge in [-0.05, 0) is 36.2 Å². The molecule has 8 heteroatoms. The third-order valence-electron chi connectivity index (χ3n) is 4.62. The van der Waals surface area contributed by atoms with E-state index in [2.05, 4.69) is 21.2 Å². The molecule has 0 aliphatic carbocycles. The molecule has 0 atom stereocenters. The van der Waals surface area contributed by atoms with E-state index in [0.717, 1.165) is 21.1 Å². The number of benzene rings is 2. The number of amides is 1. The van der Waals surface area contributed by atoms with E-state index in [1.165, 1.54) is 4.57 Å². The Bertz CT molecular complexity index is 1070. The second-order valence-corrected chi connectivity index (χ2v) is 7.17. The maximum absolute atomic E-state index is 12.4. The average Bonchev–Trinajstić information content (AvgIpc) is 2.94. The lowest BCUT2D eigenvalue weighted by Gasteiger charge is -2.12. The van der Waals surface area contributed by atoms with Crippen molar-refractivity contribution >= 4 is 32.9 Å². The zero-order valence-electron chi connectivity index (χ0n) is 16.0. The van der Waals surface area contributed by atoms with Crippen LogP contribution in [0, 0.1) is 0 Å². The molecule has 148 valence electrons. The van der Waals surface area contributed by atoms with Gasteiger partial charge in [-0.3, -0.25) is 13.9 Å². The van der Waals surface area contributed by atoms with Gasteiger partial charge in [0.1, 0.15) is 6.54 Å². The number of carbonyl (C=O) groups excluding carboxylic acids is 1. The summed E-state index contributed by atoms with van der Waals surface area (Å²) in [7, 11) is 4.87. The van der Waals surface area contributed by atoms with Crippen LogP contribution in [0.15, 0.2) is 45.7 Å². The topological polar surface area (TPSA) is 74.5 Å². The largest absolute Gasteiger partial charge is 0.493 e. The van der Waals surface area contributed by atoms with Crippen molar-refractivity contribution in [2.75, 3.05) is 20.8 Å². The Kier molecular flexibility index (Phi) is 6.08. The van der Waals surface area contributed by atoms with Gasteiger partial charge in [0.2, 0.25) is 5.91 Å². The lowest BCUT2D eigenvalue weighted by molar-refractivity contribution is -0.121. The van der Waals surface area contributed by atoms with Crippen LogP contribution in [0.3, 0.4) is 0 Å². The van der Waals surface area contributed by atoms with Crippen LogP contribution >= 0.6 is 15.9 Å². The number of aromatic nitrogens is 2. The molecule has 0 saturated heterocycles. The summed E-state index contributed by atoms with van der Waals surface area (Å²) in [6.45, 7) is 0.416. The molecule has 28 heavy (non-hydrogen) atoms. The fourth-order valence-corrected chi connectivity index (χ4v) is 3.66. The molecular formula is C20H22BrN3O4. The van der Waals surface area contributed by atoms with Crippen molar-refractivity contribution in [3.05, 3.63) is 56.9 Å². The van der Waals surface area contributed by atoms with Gasteiger partial charge in [-0.1, -0.05) is 28.1 Å². The minimum atomic E-state index is -0.213. The standard InChI is InChI=1S/C20H22BrN3O4/c1-23-15-6-4-5-7-16(15)24(20(23)26)12-19(25)22-9-8-13-10-17(27-2)18(28-3)11-14(13)21/h4-7,10-11H,8-9,12H2,1-3H3,(H,22,25). The second kappa shape index (κ2) is 8.52. The minimum absolute atomic E-state index is 0.0205. The van der Waals surface area contributed by atoms with E-state index in [-0.39, 0.29) is 18.1 Å².